The van der Waals surface area contributed by atoms with Crippen LogP contribution in [-0.2, 0) is 9.84 Å². The van der Waals surface area contributed by atoms with Crippen molar-refractivity contribution in [1.29, 1.82) is 5.26 Å². The summed E-state index contributed by atoms with van der Waals surface area (Å²) in [6.45, 7) is 1.87. The lowest BCUT2D eigenvalue weighted by Crippen LogP contribution is -2.03. The van der Waals surface area contributed by atoms with Gasteiger partial charge in [0.1, 0.15) is 11.0 Å². The highest BCUT2D eigenvalue weighted by Gasteiger charge is 2.20. The van der Waals surface area contributed by atoms with Crippen molar-refractivity contribution in [2.75, 3.05) is 0 Å². The molecular weight excluding hydrogens is 272 g/mol. The van der Waals surface area contributed by atoms with Crippen molar-refractivity contribution in [2.45, 2.75) is 11.8 Å². The van der Waals surface area contributed by atoms with Crippen molar-refractivity contribution in [3.05, 3.63) is 64.8 Å². The molecule has 1 heterocycles. The average Bonchev–Trinajstić information content (AvgIpc) is 2.46. The first-order valence-electron chi connectivity index (χ1n) is 5.87. The predicted octanol–water partition coefficient (Wildman–Crippen LogP) is 2.73. The molecule has 0 N–H and O–H groups in total. The Morgan fingerprint density at radius 1 is 1.25 bits per heavy atom. The SMILES string of the molecule is Cc1ccc(S(=O)(=O)C(C#N)=Cc2cccnc2)cc1. The van der Waals surface area contributed by atoms with Gasteiger partial charge in [0.05, 0.1) is 4.90 Å². The zero-order valence-electron chi connectivity index (χ0n) is 10.8. The van der Waals surface area contributed by atoms with E-state index in [1.54, 1.807) is 36.5 Å². The van der Waals surface area contributed by atoms with E-state index >= 15 is 0 Å². The van der Waals surface area contributed by atoms with Gasteiger partial charge in [0, 0.05) is 12.4 Å². The van der Waals surface area contributed by atoms with Crippen molar-refractivity contribution in [3.63, 3.8) is 0 Å². The summed E-state index contributed by atoms with van der Waals surface area (Å²) < 4.78 is 24.7. The molecule has 5 heteroatoms. The molecule has 1 aromatic carbocycles. The molecule has 2 aromatic rings. The number of allylic oxidation sites excluding steroid dienone is 1. The van der Waals surface area contributed by atoms with Gasteiger partial charge < -0.3 is 0 Å². The fraction of sp³-hybridized carbons (Fsp3) is 0.0667. The Balaban J connectivity index is 2.49. The summed E-state index contributed by atoms with van der Waals surface area (Å²) in [5, 5.41) is 9.12. The average molecular weight is 284 g/mol. The van der Waals surface area contributed by atoms with Crippen LogP contribution in [0.4, 0.5) is 0 Å². The standard InChI is InChI=1S/C15H12N2O2S/c1-12-4-6-14(7-5-12)20(18,19)15(10-16)9-13-3-2-8-17-11-13/h2-9,11H,1H3. The highest BCUT2D eigenvalue weighted by molar-refractivity contribution is 7.95. The summed E-state index contributed by atoms with van der Waals surface area (Å²) in [7, 11) is -3.79. The van der Waals surface area contributed by atoms with E-state index in [4.69, 9.17) is 5.26 Å². The fourth-order valence-corrected chi connectivity index (χ4v) is 2.79. The molecule has 0 spiro atoms. The van der Waals surface area contributed by atoms with Gasteiger partial charge in [-0.1, -0.05) is 23.8 Å². The van der Waals surface area contributed by atoms with E-state index < -0.39 is 9.84 Å². The van der Waals surface area contributed by atoms with Gasteiger partial charge >= 0.3 is 0 Å². The van der Waals surface area contributed by atoms with Crippen LogP contribution in [0.1, 0.15) is 11.1 Å². The lowest BCUT2D eigenvalue weighted by molar-refractivity contribution is 0.603. The van der Waals surface area contributed by atoms with Crippen molar-refractivity contribution >= 4 is 15.9 Å². The molecule has 0 aliphatic heterocycles. The predicted molar refractivity (Wildman–Crippen MR) is 76.2 cm³/mol. The summed E-state index contributed by atoms with van der Waals surface area (Å²) in [6, 6.07) is 11.5. The van der Waals surface area contributed by atoms with Crippen molar-refractivity contribution in [1.82, 2.24) is 4.98 Å². The number of benzene rings is 1. The Hall–Kier alpha value is -2.45. The molecule has 0 unspecified atom stereocenters. The molecule has 0 atom stereocenters. The fourth-order valence-electron chi connectivity index (χ4n) is 1.63. The van der Waals surface area contributed by atoms with Crippen LogP contribution in [0.15, 0.2) is 58.6 Å². The van der Waals surface area contributed by atoms with Gasteiger partial charge in [-0.2, -0.15) is 5.26 Å². The second-order valence-electron chi connectivity index (χ2n) is 4.22. The third-order valence-electron chi connectivity index (χ3n) is 2.71. The third kappa shape index (κ3) is 2.92. The van der Waals surface area contributed by atoms with Crippen LogP contribution in [0, 0.1) is 18.3 Å². The minimum atomic E-state index is -3.79. The van der Waals surface area contributed by atoms with E-state index in [0.717, 1.165) is 5.56 Å². The van der Waals surface area contributed by atoms with Crippen molar-refractivity contribution in [3.8, 4) is 6.07 Å². The van der Waals surface area contributed by atoms with Crippen molar-refractivity contribution < 1.29 is 8.42 Å². The topological polar surface area (TPSA) is 70.8 Å². The zero-order chi connectivity index (χ0) is 14.6. The van der Waals surface area contributed by atoms with Crippen LogP contribution < -0.4 is 0 Å². The number of hydrogen-bond donors (Lipinski definition) is 0. The van der Waals surface area contributed by atoms with Crippen molar-refractivity contribution in [2.24, 2.45) is 0 Å². The van der Waals surface area contributed by atoms with Crippen LogP contribution in [0.5, 0.6) is 0 Å². The van der Waals surface area contributed by atoms with Gasteiger partial charge in [-0.05, 0) is 36.8 Å². The Kier molecular flexibility index (Phi) is 3.97. The summed E-state index contributed by atoms with van der Waals surface area (Å²) in [6.07, 6.45) is 4.40. The number of sulfone groups is 1. The molecule has 2 rings (SSSR count). The molecule has 100 valence electrons. The minimum absolute atomic E-state index is 0.111. The van der Waals surface area contributed by atoms with E-state index in [1.165, 1.54) is 24.4 Å². The lowest BCUT2D eigenvalue weighted by Gasteiger charge is -2.03. The Morgan fingerprint density at radius 3 is 2.50 bits per heavy atom. The largest absolute Gasteiger partial charge is 0.264 e. The molecule has 0 fully saturated rings. The second kappa shape index (κ2) is 5.68. The van der Waals surface area contributed by atoms with Gasteiger partial charge in [-0.15, -0.1) is 0 Å². The number of rotatable bonds is 3. The summed E-state index contributed by atoms with van der Waals surface area (Å²) in [5.41, 5.74) is 1.53. The first kappa shape index (κ1) is 14.0. The van der Waals surface area contributed by atoms with E-state index in [0.29, 0.717) is 5.56 Å². The van der Waals surface area contributed by atoms with Crippen LogP contribution in [0.3, 0.4) is 0 Å². The summed E-state index contributed by atoms with van der Waals surface area (Å²) >= 11 is 0. The van der Waals surface area contributed by atoms with Gasteiger partial charge in [0.2, 0.25) is 9.84 Å². The van der Waals surface area contributed by atoms with Gasteiger partial charge in [0.15, 0.2) is 0 Å². The van der Waals surface area contributed by atoms with Crippen LogP contribution in [-0.4, -0.2) is 13.4 Å². The highest BCUT2D eigenvalue weighted by atomic mass is 32.2. The maximum atomic E-state index is 12.4. The van der Waals surface area contributed by atoms with E-state index in [9.17, 15) is 8.42 Å². The van der Waals surface area contributed by atoms with E-state index in [2.05, 4.69) is 4.98 Å². The molecule has 0 aliphatic carbocycles. The van der Waals surface area contributed by atoms with E-state index in [-0.39, 0.29) is 9.80 Å². The third-order valence-corrected chi connectivity index (χ3v) is 4.39. The quantitative estimate of drug-likeness (QED) is 0.812. The second-order valence-corrected chi connectivity index (χ2v) is 6.14. The van der Waals surface area contributed by atoms with Crippen LogP contribution >= 0.6 is 0 Å². The van der Waals surface area contributed by atoms with Gasteiger partial charge in [0.25, 0.3) is 0 Å². The van der Waals surface area contributed by atoms with Crippen LogP contribution in [0.25, 0.3) is 6.08 Å². The molecule has 20 heavy (non-hydrogen) atoms. The van der Waals surface area contributed by atoms with Crippen LogP contribution in [0.2, 0.25) is 0 Å². The molecule has 0 saturated carbocycles. The molecule has 0 bridgehead atoms. The number of aryl methyl sites for hydroxylation is 1. The Labute approximate surface area is 117 Å². The molecule has 0 amide bonds. The molecule has 0 radical (unpaired) electrons. The number of pyridine rings is 1. The molecule has 1 aromatic heterocycles. The first-order valence-corrected chi connectivity index (χ1v) is 7.36. The molecular formula is C15H12N2O2S. The van der Waals surface area contributed by atoms with E-state index in [1.807, 2.05) is 6.92 Å². The molecule has 0 saturated heterocycles. The summed E-state index contributed by atoms with van der Waals surface area (Å²) in [5.74, 6) is 0. The number of hydrogen-bond acceptors (Lipinski definition) is 4. The van der Waals surface area contributed by atoms with Gasteiger partial charge in [-0.3, -0.25) is 4.98 Å². The number of nitrogens with zero attached hydrogens (tertiary/aromatic N) is 2. The molecule has 0 aliphatic rings. The number of aromatic nitrogens is 1. The smallest absolute Gasteiger partial charge is 0.216 e. The Morgan fingerprint density at radius 2 is 1.95 bits per heavy atom. The minimum Gasteiger partial charge on any atom is -0.264 e. The number of nitriles is 1. The summed E-state index contributed by atoms with van der Waals surface area (Å²) in [4.78, 5) is 3.70. The maximum absolute atomic E-state index is 12.4. The monoisotopic (exact) mass is 284 g/mol. The normalized spacial score (nSPS) is 11.9. The lowest BCUT2D eigenvalue weighted by atomic mass is 10.2. The highest BCUT2D eigenvalue weighted by Crippen LogP contribution is 2.21. The van der Waals surface area contributed by atoms with Gasteiger partial charge in [-0.25, -0.2) is 8.42 Å². The maximum Gasteiger partial charge on any atom is 0.216 e. The Bertz CT molecular complexity index is 771. The zero-order valence-corrected chi connectivity index (χ0v) is 11.6. The molecule has 4 nitrogen and oxygen atoms in total. The first-order chi connectivity index (χ1) is 9.54.